The van der Waals surface area contributed by atoms with Gasteiger partial charge in [-0.1, -0.05) is 11.2 Å². The predicted octanol–water partition coefficient (Wildman–Crippen LogP) is -1.76. The second kappa shape index (κ2) is 7.22. The van der Waals surface area contributed by atoms with Crippen LogP contribution in [0.5, 0.6) is 0 Å². The molecule has 0 heterocycles. The molecule has 0 atom stereocenters. The third-order valence-corrected chi connectivity index (χ3v) is 6.19. The molecule has 0 aliphatic heterocycles. The Hall–Kier alpha value is 1.79. The molecule has 62 valence electrons. The first-order valence-electron chi connectivity index (χ1n) is 2.84. The van der Waals surface area contributed by atoms with Gasteiger partial charge in [-0.15, -0.1) is 0 Å². The molecule has 0 aliphatic rings. The first kappa shape index (κ1) is 15.3. The van der Waals surface area contributed by atoms with Crippen molar-refractivity contribution in [3.8, 4) is 0 Å². The third kappa shape index (κ3) is 6.91. The Morgan fingerprint density at radius 2 is 1.82 bits per heavy atom. The molecule has 0 aromatic heterocycles. The normalized spacial score (nSPS) is 10.5. The number of carbonyl (C=O) groups is 1. The van der Waals surface area contributed by atoms with Crippen LogP contribution < -0.4 is 51.4 Å². The van der Waals surface area contributed by atoms with Crippen LogP contribution >= 0.6 is 11.2 Å². The molecule has 0 saturated carbocycles. The fourth-order valence-electron chi connectivity index (χ4n) is 0.428. The average molecular weight is 220 g/mol. The quantitative estimate of drug-likeness (QED) is 0.528. The van der Waals surface area contributed by atoms with E-state index in [1.165, 1.54) is 6.92 Å². The van der Waals surface area contributed by atoms with E-state index in [1.54, 1.807) is 14.2 Å². The standard InChI is InChI=1S/C5H12O3SSi.K.H/c1-5(6)9-10(4,7-2)8-3;;/h1-4H3;;/q;+1;-1. The minimum absolute atomic E-state index is 0. The van der Waals surface area contributed by atoms with Crippen LogP contribution in [0.4, 0.5) is 0 Å². The van der Waals surface area contributed by atoms with Gasteiger partial charge >= 0.3 is 59.1 Å². The van der Waals surface area contributed by atoms with Gasteiger partial charge in [0.15, 0.2) is 5.12 Å². The molecular formula is C5H13KO3SSi. The Morgan fingerprint density at radius 3 is 1.91 bits per heavy atom. The van der Waals surface area contributed by atoms with Crippen LogP contribution in [0.1, 0.15) is 8.35 Å². The van der Waals surface area contributed by atoms with Crippen molar-refractivity contribution in [3.63, 3.8) is 0 Å². The van der Waals surface area contributed by atoms with Crippen LogP contribution in [0.25, 0.3) is 0 Å². The summed E-state index contributed by atoms with van der Waals surface area (Å²) >= 11 is 1.16. The van der Waals surface area contributed by atoms with E-state index in [9.17, 15) is 4.79 Å². The summed E-state index contributed by atoms with van der Waals surface area (Å²) in [5.41, 5.74) is 0. The summed E-state index contributed by atoms with van der Waals surface area (Å²) in [5.74, 6) is 0. The van der Waals surface area contributed by atoms with Crippen molar-refractivity contribution in [2.45, 2.75) is 13.5 Å². The van der Waals surface area contributed by atoms with Crippen molar-refractivity contribution in [3.05, 3.63) is 0 Å². The second-order valence-corrected chi connectivity index (χ2v) is 8.02. The number of hydrogen-bond donors (Lipinski definition) is 0. The Morgan fingerprint density at radius 1 is 1.45 bits per heavy atom. The fraction of sp³-hybridized carbons (Fsp3) is 0.800. The Labute approximate surface area is 116 Å². The van der Waals surface area contributed by atoms with Gasteiger partial charge in [0.1, 0.15) is 0 Å². The summed E-state index contributed by atoms with van der Waals surface area (Å²) in [6.07, 6.45) is 0. The molecule has 0 saturated heterocycles. The molecule has 0 radical (unpaired) electrons. The van der Waals surface area contributed by atoms with Crippen LogP contribution in [0.3, 0.4) is 0 Å². The van der Waals surface area contributed by atoms with Gasteiger partial charge in [0, 0.05) is 21.1 Å². The van der Waals surface area contributed by atoms with E-state index < -0.39 is 7.71 Å². The van der Waals surface area contributed by atoms with Gasteiger partial charge in [-0.05, 0) is 6.55 Å². The molecule has 0 N–H and O–H groups in total. The summed E-state index contributed by atoms with van der Waals surface area (Å²) in [6.45, 7) is 3.34. The molecule has 0 amide bonds. The van der Waals surface area contributed by atoms with Crippen molar-refractivity contribution in [2.75, 3.05) is 14.2 Å². The third-order valence-electron chi connectivity index (χ3n) is 1.07. The van der Waals surface area contributed by atoms with Crippen molar-refractivity contribution in [1.29, 1.82) is 0 Å². The van der Waals surface area contributed by atoms with Crippen molar-refractivity contribution < 1.29 is 66.5 Å². The molecule has 6 heteroatoms. The molecule has 3 nitrogen and oxygen atoms in total. The Bertz CT molecular complexity index is 134. The van der Waals surface area contributed by atoms with E-state index in [1.807, 2.05) is 6.55 Å². The van der Waals surface area contributed by atoms with E-state index in [0.717, 1.165) is 11.2 Å². The minimum Gasteiger partial charge on any atom is -1.00 e. The molecular weight excluding hydrogens is 207 g/mol. The van der Waals surface area contributed by atoms with Gasteiger partial charge in [-0.25, -0.2) is 0 Å². The van der Waals surface area contributed by atoms with Gasteiger partial charge in [-0.2, -0.15) is 0 Å². The average Bonchev–Trinajstić information content (AvgIpc) is 1.87. The van der Waals surface area contributed by atoms with Crippen LogP contribution in [0.15, 0.2) is 0 Å². The van der Waals surface area contributed by atoms with Crippen molar-refractivity contribution >= 4 is 24.0 Å². The van der Waals surface area contributed by atoms with Crippen LogP contribution in [-0.4, -0.2) is 27.0 Å². The summed E-state index contributed by atoms with van der Waals surface area (Å²) in [7, 11) is 0.929. The summed E-state index contributed by atoms with van der Waals surface area (Å²) in [5, 5.41) is 0.0397. The second-order valence-electron chi connectivity index (χ2n) is 1.86. The van der Waals surface area contributed by atoms with E-state index >= 15 is 0 Å². The first-order valence-corrected chi connectivity index (χ1v) is 6.69. The fourth-order valence-corrected chi connectivity index (χ4v) is 3.35. The first-order chi connectivity index (χ1) is 4.54. The van der Waals surface area contributed by atoms with E-state index in [4.69, 9.17) is 8.85 Å². The minimum atomic E-state index is -2.19. The van der Waals surface area contributed by atoms with Crippen LogP contribution in [-0.2, 0) is 13.6 Å². The molecule has 0 aromatic carbocycles. The van der Waals surface area contributed by atoms with E-state index in [2.05, 4.69) is 0 Å². The van der Waals surface area contributed by atoms with E-state index in [-0.39, 0.29) is 57.9 Å². The zero-order chi connectivity index (χ0) is 8.20. The maximum Gasteiger partial charge on any atom is 1.00 e. The van der Waals surface area contributed by atoms with Gasteiger partial charge in [0.25, 0.3) is 0 Å². The maximum atomic E-state index is 10.6. The number of rotatable bonds is 3. The monoisotopic (exact) mass is 220 g/mol. The number of hydrogen-bond acceptors (Lipinski definition) is 4. The summed E-state index contributed by atoms with van der Waals surface area (Å²) in [6, 6.07) is 0. The van der Waals surface area contributed by atoms with Gasteiger partial charge in [-0.3, -0.25) is 4.79 Å². The molecule has 0 bridgehead atoms. The molecule has 0 fully saturated rings. The maximum absolute atomic E-state index is 10.6. The largest absolute Gasteiger partial charge is 1.00 e. The van der Waals surface area contributed by atoms with Crippen molar-refractivity contribution in [1.82, 2.24) is 0 Å². The molecule has 0 spiro atoms. The topological polar surface area (TPSA) is 35.5 Å². The zero-order valence-electron chi connectivity index (χ0n) is 8.63. The van der Waals surface area contributed by atoms with Gasteiger partial charge < -0.3 is 10.3 Å². The SMILES string of the molecule is CO[Si](C)(OC)SC(C)=O.[H-].[K+]. The number of carbonyl (C=O) groups excluding carboxylic acids is 1. The smallest absolute Gasteiger partial charge is 1.00 e. The van der Waals surface area contributed by atoms with E-state index in [0.29, 0.717) is 0 Å². The van der Waals surface area contributed by atoms with Crippen molar-refractivity contribution in [2.24, 2.45) is 0 Å². The van der Waals surface area contributed by atoms with Gasteiger partial charge in [0.05, 0.1) is 0 Å². The molecule has 0 aliphatic carbocycles. The van der Waals surface area contributed by atoms with Crippen LogP contribution in [0, 0.1) is 0 Å². The van der Waals surface area contributed by atoms with Crippen LogP contribution in [0.2, 0.25) is 6.55 Å². The molecule has 0 aromatic rings. The van der Waals surface area contributed by atoms with Gasteiger partial charge in [0.2, 0.25) is 0 Å². The molecule has 11 heavy (non-hydrogen) atoms. The Kier molecular flexibility index (Phi) is 10.0. The molecule has 0 unspecified atom stereocenters. The molecule has 0 rings (SSSR count). The predicted molar refractivity (Wildman–Crippen MR) is 45.0 cm³/mol. The zero-order valence-corrected chi connectivity index (χ0v) is 12.6. The summed E-state index contributed by atoms with van der Waals surface area (Å²) in [4.78, 5) is 10.6. The summed E-state index contributed by atoms with van der Waals surface area (Å²) < 4.78 is 10.1. The Balaban J connectivity index is -0.000000405.